The summed E-state index contributed by atoms with van der Waals surface area (Å²) in [6, 6.07) is 1.79. The van der Waals surface area contributed by atoms with Crippen molar-refractivity contribution in [1.29, 1.82) is 0 Å². The molecule has 1 aromatic heterocycles. The van der Waals surface area contributed by atoms with Crippen molar-refractivity contribution in [2.24, 2.45) is 5.92 Å². The number of nitrogens with zero attached hydrogens (tertiary/aromatic N) is 2. The third kappa shape index (κ3) is 4.12. The molecule has 22 heavy (non-hydrogen) atoms. The second-order valence-electron chi connectivity index (χ2n) is 6.92. The molecule has 0 saturated carbocycles. The highest BCUT2D eigenvalue weighted by Gasteiger charge is 2.36. The van der Waals surface area contributed by atoms with Gasteiger partial charge >= 0.3 is 6.09 Å². The number of aromatic nitrogens is 1. The van der Waals surface area contributed by atoms with E-state index in [0.717, 1.165) is 10.9 Å². The van der Waals surface area contributed by atoms with Crippen LogP contribution in [0.3, 0.4) is 0 Å². The molecule has 0 aromatic carbocycles. The van der Waals surface area contributed by atoms with Gasteiger partial charge in [0.1, 0.15) is 17.9 Å². The van der Waals surface area contributed by atoms with Gasteiger partial charge in [0.2, 0.25) is 5.88 Å². The summed E-state index contributed by atoms with van der Waals surface area (Å²) in [7, 11) is 0. The van der Waals surface area contributed by atoms with Gasteiger partial charge in [-0.05, 0) is 55.1 Å². The van der Waals surface area contributed by atoms with Gasteiger partial charge in [0.15, 0.2) is 0 Å². The van der Waals surface area contributed by atoms with Crippen LogP contribution in [0.2, 0.25) is 0 Å². The molecule has 0 saturated heterocycles. The average Bonchev–Trinajstić information content (AvgIpc) is 2.35. The Morgan fingerprint density at radius 1 is 1.55 bits per heavy atom. The molecule has 2 heterocycles. The maximum absolute atomic E-state index is 12.7. The summed E-state index contributed by atoms with van der Waals surface area (Å²) in [6.45, 7) is 10.3. The molecule has 0 N–H and O–H groups in total. The summed E-state index contributed by atoms with van der Waals surface area (Å²) in [4.78, 5) is 18.6. The predicted octanol–water partition coefficient (Wildman–Crippen LogP) is 4.39. The predicted molar refractivity (Wildman–Crippen MR) is 89.4 cm³/mol. The van der Waals surface area contributed by atoms with E-state index in [-0.39, 0.29) is 12.1 Å². The van der Waals surface area contributed by atoms with Crippen LogP contribution >= 0.6 is 15.9 Å². The second-order valence-corrected chi connectivity index (χ2v) is 7.84. The molecule has 5 nitrogen and oxygen atoms in total. The topological polar surface area (TPSA) is 51.7 Å². The first kappa shape index (κ1) is 17.1. The van der Waals surface area contributed by atoms with Gasteiger partial charge in [-0.1, -0.05) is 13.8 Å². The van der Waals surface area contributed by atoms with Crippen molar-refractivity contribution in [1.82, 2.24) is 4.98 Å². The number of carbonyl (C=O) groups is 1. The Morgan fingerprint density at radius 3 is 2.82 bits per heavy atom. The first-order valence-electron chi connectivity index (χ1n) is 7.48. The molecule has 1 amide bonds. The number of hydrogen-bond acceptors (Lipinski definition) is 4. The Labute approximate surface area is 140 Å². The van der Waals surface area contributed by atoms with E-state index < -0.39 is 5.60 Å². The number of anilines is 1. The monoisotopic (exact) mass is 370 g/mol. The maximum Gasteiger partial charge on any atom is 0.415 e. The van der Waals surface area contributed by atoms with Crippen LogP contribution in [0.5, 0.6) is 5.88 Å². The van der Waals surface area contributed by atoms with E-state index in [1.165, 1.54) is 0 Å². The number of fused-ring (bicyclic) bond motifs is 1. The van der Waals surface area contributed by atoms with Gasteiger partial charge in [0, 0.05) is 10.7 Å². The third-order valence-electron chi connectivity index (χ3n) is 3.17. The summed E-state index contributed by atoms with van der Waals surface area (Å²) >= 11 is 3.40. The Balaban J connectivity index is 2.37. The van der Waals surface area contributed by atoms with Gasteiger partial charge in [0.05, 0.1) is 6.04 Å². The lowest BCUT2D eigenvalue weighted by atomic mass is 10.0. The van der Waals surface area contributed by atoms with Gasteiger partial charge in [-0.3, -0.25) is 4.90 Å². The van der Waals surface area contributed by atoms with Gasteiger partial charge < -0.3 is 9.47 Å². The minimum absolute atomic E-state index is 0.0570. The number of halogens is 1. The van der Waals surface area contributed by atoms with Gasteiger partial charge in [-0.25, -0.2) is 9.78 Å². The smallest absolute Gasteiger partial charge is 0.415 e. The number of carbonyl (C=O) groups excluding carboxylic acids is 1. The third-order valence-corrected chi connectivity index (χ3v) is 3.60. The second kappa shape index (κ2) is 6.44. The lowest BCUT2D eigenvalue weighted by Crippen LogP contribution is -2.49. The van der Waals surface area contributed by atoms with E-state index in [2.05, 4.69) is 34.8 Å². The zero-order valence-corrected chi connectivity index (χ0v) is 15.3. The Hall–Kier alpha value is -1.30. The van der Waals surface area contributed by atoms with Crippen LogP contribution in [0.1, 0.15) is 41.0 Å². The van der Waals surface area contributed by atoms with E-state index in [9.17, 15) is 4.79 Å². The quantitative estimate of drug-likeness (QED) is 0.774. The molecule has 2 rings (SSSR count). The molecule has 0 bridgehead atoms. The zero-order chi connectivity index (χ0) is 16.5. The Kier molecular flexibility index (Phi) is 5.00. The van der Waals surface area contributed by atoms with Crippen molar-refractivity contribution in [3.8, 4) is 5.88 Å². The molecular formula is C16H23BrN2O3. The van der Waals surface area contributed by atoms with Crippen molar-refractivity contribution in [3.63, 3.8) is 0 Å². The Bertz CT molecular complexity index is 555. The minimum atomic E-state index is -0.544. The SMILES string of the molecule is CC(C)C[C@H]1COc2ncc(Br)cc2N1C(=O)OC(C)(C)C. The summed E-state index contributed by atoms with van der Waals surface area (Å²) < 4.78 is 12.1. The van der Waals surface area contributed by atoms with E-state index in [0.29, 0.717) is 24.1 Å². The fourth-order valence-corrected chi connectivity index (χ4v) is 2.74. The standard InChI is InChI=1S/C16H23BrN2O3/c1-10(2)6-12-9-21-14-13(7-11(17)8-18-14)19(12)15(20)22-16(3,4)5/h7-8,10,12H,6,9H2,1-5H3/t12-/m0/s1. The van der Waals surface area contributed by atoms with Crippen molar-refractivity contribution in [2.45, 2.75) is 52.7 Å². The fraction of sp³-hybridized carbons (Fsp3) is 0.625. The van der Waals surface area contributed by atoms with Crippen LogP contribution in [-0.2, 0) is 4.74 Å². The lowest BCUT2D eigenvalue weighted by Gasteiger charge is -2.37. The van der Waals surface area contributed by atoms with Gasteiger partial charge in [-0.15, -0.1) is 0 Å². The molecule has 1 aliphatic heterocycles. The van der Waals surface area contributed by atoms with Crippen molar-refractivity contribution in [3.05, 3.63) is 16.7 Å². The van der Waals surface area contributed by atoms with Crippen LogP contribution in [-0.4, -0.2) is 29.3 Å². The summed E-state index contributed by atoms with van der Waals surface area (Å²) in [5.41, 5.74) is 0.109. The van der Waals surface area contributed by atoms with Crippen LogP contribution in [0, 0.1) is 5.92 Å². The van der Waals surface area contributed by atoms with E-state index in [1.807, 2.05) is 26.8 Å². The zero-order valence-electron chi connectivity index (χ0n) is 13.7. The molecule has 0 unspecified atom stereocenters. The fourth-order valence-electron chi connectivity index (χ4n) is 2.42. The van der Waals surface area contributed by atoms with Gasteiger partial charge in [0.25, 0.3) is 0 Å². The van der Waals surface area contributed by atoms with Crippen LogP contribution in [0.4, 0.5) is 10.5 Å². The molecule has 0 spiro atoms. The molecule has 122 valence electrons. The number of ether oxygens (including phenoxy) is 2. The number of hydrogen-bond donors (Lipinski definition) is 0. The normalized spacial score (nSPS) is 18.0. The van der Waals surface area contributed by atoms with E-state index in [4.69, 9.17) is 9.47 Å². The van der Waals surface area contributed by atoms with Crippen molar-refractivity contribution >= 4 is 27.7 Å². The van der Waals surface area contributed by atoms with E-state index in [1.54, 1.807) is 11.1 Å². The highest BCUT2D eigenvalue weighted by atomic mass is 79.9. The number of amides is 1. The highest BCUT2D eigenvalue weighted by Crippen LogP contribution is 2.36. The van der Waals surface area contributed by atoms with Crippen LogP contribution < -0.4 is 9.64 Å². The molecule has 1 aromatic rings. The average molecular weight is 371 g/mol. The number of rotatable bonds is 2. The van der Waals surface area contributed by atoms with Crippen molar-refractivity contribution in [2.75, 3.05) is 11.5 Å². The number of pyridine rings is 1. The molecule has 0 radical (unpaired) electrons. The first-order chi connectivity index (χ1) is 10.2. The molecular weight excluding hydrogens is 348 g/mol. The summed E-state index contributed by atoms with van der Waals surface area (Å²) in [5, 5.41) is 0. The molecule has 0 aliphatic carbocycles. The largest absolute Gasteiger partial charge is 0.474 e. The van der Waals surface area contributed by atoms with Crippen LogP contribution in [0.15, 0.2) is 16.7 Å². The van der Waals surface area contributed by atoms with Crippen molar-refractivity contribution < 1.29 is 14.3 Å². The summed E-state index contributed by atoms with van der Waals surface area (Å²) in [6.07, 6.45) is 2.14. The highest BCUT2D eigenvalue weighted by molar-refractivity contribution is 9.10. The molecule has 1 atom stereocenters. The molecule has 1 aliphatic rings. The molecule has 6 heteroatoms. The van der Waals surface area contributed by atoms with Crippen LogP contribution in [0.25, 0.3) is 0 Å². The van der Waals surface area contributed by atoms with Gasteiger partial charge in [-0.2, -0.15) is 0 Å². The first-order valence-corrected chi connectivity index (χ1v) is 8.27. The molecule has 0 fully saturated rings. The lowest BCUT2D eigenvalue weighted by molar-refractivity contribution is 0.0535. The summed E-state index contributed by atoms with van der Waals surface area (Å²) in [5.74, 6) is 0.911. The maximum atomic E-state index is 12.7. The van der Waals surface area contributed by atoms with E-state index >= 15 is 0 Å². The Morgan fingerprint density at radius 2 is 2.23 bits per heavy atom. The minimum Gasteiger partial charge on any atom is -0.474 e.